The van der Waals surface area contributed by atoms with Crippen LogP contribution in [-0.4, -0.2) is 42.7 Å². The number of nitrogens with one attached hydrogen (secondary N) is 2. The predicted molar refractivity (Wildman–Crippen MR) is 84.0 cm³/mol. The molecule has 6 nitrogen and oxygen atoms in total. The number of alkyl carbamates (subject to hydrolysis) is 1. The number of ether oxygens (including phenoxy) is 1. The van der Waals surface area contributed by atoms with E-state index < -0.39 is 18.2 Å². The Kier molecular flexibility index (Phi) is 11.5. The Morgan fingerprint density at radius 2 is 2.00 bits per heavy atom. The molecule has 0 aliphatic carbocycles. The molecular formula is C14H25N3O3S. The van der Waals surface area contributed by atoms with Gasteiger partial charge in [-0.3, -0.25) is 4.79 Å². The summed E-state index contributed by atoms with van der Waals surface area (Å²) in [5, 5.41) is 13.7. The molecule has 0 saturated heterocycles. The first-order valence-corrected chi connectivity index (χ1v) is 8.56. The van der Waals surface area contributed by atoms with Gasteiger partial charge in [-0.1, -0.05) is 26.2 Å². The van der Waals surface area contributed by atoms with Crippen molar-refractivity contribution in [2.24, 2.45) is 0 Å². The summed E-state index contributed by atoms with van der Waals surface area (Å²) in [4.78, 5) is 23.5. The number of carbonyl (C=O) groups is 2. The normalized spacial score (nSPS) is 12.9. The van der Waals surface area contributed by atoms with Crippen LogP contribution in [0.25, 0.3) is 0 Å². The fraction of sp³-hybridized carbons (Fsp3) is 0.786. The van der Waals surface area contributed by atoms with Crippen LogP contribution in [0.5, 0.6) is 0 Å². The molecule has 120 valence electrons. The maximum Gasteiger partial charge on any atom is 0.407 e. The third kappa shape index (κ3) is 10.0. The number of amides is 2. The summed E-state index contributed by atoms with van der Waals surface area (Å²) in [6.07, 6.45) is 5.34. The average molecular weight is 315 g/mol. The average Bonchev–Trinajstić information content (AvgIpc) is 2.46. The molecule has 21 heavy (non-hydrogen) atoms. The second-order valence-corrected chi connectivity index (χ2v) is 5.62. The Bertz CT molecular complexity index is 358. The molecule has 2 unspecified atom stereocenters. The molecule has 7 heteroatoms. The van der Waals surface area contributed by atoms with Crippen LogP contribution in [0, 0.1) is 11.3 Å². The van der Waals surface area contributed by atoms with E-state index in [2.05, 4.69) is 17.6 Å². The first kappa shape index (κ1) is 19.6. The number of carbonyl (C=O) groups excluding carboxylic acids is 2. The van der Waals surface area contributed by atoms with Crippen LogP contribution < -0.4 is 10.6 Å². The Morgan fingerprint density at radius 3 is 2.57 bits per heavy atom. The van der Waals surface area contributed by atoms with E-state index in [-0.39, 0.29) is 5.91 Å². The largest absolute Gasteiger partial charge is 0.450 e. The van der Waals surface area contributed by atoms with Crippen LogP contribution in [-0.2, 0) is 9.53 Å². The molecule has 0 aliphatic rings. The van der Waals surface area contributed by atoms with Crippen molar-refractivity contribution in [1.82, 2.24) is 10.6 Å². The molecule has 0 fully saturated rings. The maximum absolute atomic E-state index is 11.9. The summed E-state index contributed by atoms with van der Waals surface area (Å²) < 4.78 is 5.04. The van der Waals surface area contributed by atoms with Gasteiger partial charge < -0.3 is 15.4 Å². The van der Waals surface area contributed by atoms with Crippen molar-refractivity contribution in [1.29, 1.82) is 5.26 Å². The van der Waals surface area contributed by atoms with Gasteiger partial charge >= 0.3 is 6.09 Å². The zero-order chi connectivity index (χ0) is 16.1. The molecule has 0 spiro atoms. The molecule has 0 saturated carbocycles. The number of nitrogens with zero attached hydrogens (tertiary/aromatic N) is 1. The van der Waals surface area contributed by atoms with Crippen LogP contribution in [0.15, 0.2) is 0 Å². The van der Waals surface area contributed by atoms with Crippen molar-refractivity contribution in [2.75, 3.05) is 18.6 Å². The number of hydrogen-bond acceptors (Lipinski definition) is 5. The highest BCUT2D eigenvalue weighted by Gasteiger charge is 2.22. The third-order valence-electron chi connectivity index (χ3n) is 2.73. The highest BCUT2D eigenvalue weighted by molar-refractivity contribution is 7.98. The lowest BCUT2D eigenvalue weighted by Crippen LogP contribution is -2.50. The van der Waals surface area contributed by atoms with Crippen LogP contribution in [0.3, 0.4) is 0 Å². The van der Waals surface area contributed by atoms with E-state index in [1.54, 1.807) is 6.92 Å². The second-order valence-electron chi connectivity index (χ2n) is 4.71. The molecule has 0 radical (unpaired) electrons. The number of nitriles is 1. The summed E-state index contributed by atoms with van der Waals surface area (Å²) in [6, 6.07) is 0.633. The van der Waals surface area contributed by atoms with Crippen molar-refractivity contribution < 1.29 is 14.3 Å². The van der Waals surface area contributed by atoms with E-state index in [4.69, 9.17) is 10.00 Å². The number of hydrogen-bond donors (Lipinski definition) is 2. The van der Waals surface area contributed by atoms with Crippen LogP contribution in [0.4, 0.5) is 4.79 Å². The zero-order valence-electron chi connectivity index (χ0n) is 13.0. The molecule has 0 aromatic heterocycles. The van der Waals surface area contributed by atoms with Crippen molar-refractivity contribution in [3.05, 3.63) is 0 Å². The van der Waals surface area contributed by atoms with Gasteiger partial charge in [-0.25, -0.2) is 4.79 Å². The van der Waals surface area contributed by atoms with Gasteiger partial charge in [0, 0.05) is 5.75 Å². The van der Waals surface area contributed by atoms with Gasteiger partial charge in [-0.2, -0.15) is 17.0 Å². The number of rotatable bonds is 10. The van der Waals surface area contributed by atoms with Gasteiger partial charge in [0.05, 0.1) is 12.7 Å². The lowest BCUT2D eigenvalue weighted by molar-refractivity contribution is -0.122. The first-order valence-electron chi connectivity index (χ1n) is 7.17. The van der Waals surface area contributed by atoms with E-state index in [0.29, 0.717) is 12.4 Å². The lowest BCUT2D eigenvalue weighted by Gasteiger charge is -2.18. The van der Waals surface area contributed by atoms with E-state index >= 15 is 0 Å². The molecule has 0 bridgehead atoms. The summed E-state index contributed by atoms with van der Waals surface area (Å²) in [5.74, 6) is 0.0517. The van der Waals surface area contributed by atoms with Gasteiger partial charge in [-0.05, 0) is 19.6 Å². The summed E-state index contributed by atoms with van der Waals surface area (Å²) in [6.45, 7) is 4.05. The SMILES string of the molecule is CCCCCCOC(=O)NC(CSC)C(=O)NC(C)C#N. The molecule has 2 amide bonds. The van der Waals surface area contributed by atoms with Crippen LogP contribution in [0.2, 0.25) is 0 Å². The smallest absolute Gasteiger partial charge is 0.407 e. The van der Waals surface area contributed by atoms with Crippen LogP contribution in [0.1, 0.15) is 39.5 Å². The van der Waals surface area contributed by atoms with Crippen LogP contribution >= 0.6 is 11.8 Å². The van der Waals surface area contributed by atoms with Gasteiger partial charge in [0.25, 0.3) is 0 Å². The first-order chi connectivity index (χ1) is 10.0. The van der Waals surface area contributed by atoms with E-state index in [1.165, 1.54) is 11.8 Å². The van der Waals surface area contributed by atoms with Crippen molar-refractivity contribution in [3.8, 4) is 6.07 Å². The standard InChI is InChI=1S/C14H25N3O3S/c1-4-5-6-7-8-20-14(19)17-12(10-21-3)13(18)16-11(2)9-15/h11-12H,4-8,10H2,1-3H3,(H,16,18)(H,17,19). The minimum absolute atomic E-state index is 0.355. The van der Waals surface area contributed by atoms with E-state index in [0.717, 1.165) is 25.7 Å². The Labute approximate surface area is 131 Å². The third-order valence-corrected chi connectivity index (χ3v) is 3.39. The lowest BCUT2D eigenvalue weighted by atomic mass is 10.2. The molecular weight excluding hydrogens is 290 g/mol. The quantitative estimate of drug-likeness (QED) is 0.602. The Hall–Kier alpha value is -1.42. The topological polar surface area (TPSA) is 91.2 Å². The molecule has 0 heterocycles. The Morgan fingerprint density at radius 1 is 1.29 bits per heavy atom. The van der Waals surface area contributed by atoms with Crippen molar-refractivity contribution >= 4 is 23.8 Å². The fourth-order valence-corrected chi connectivity index (χ4v) is 2.14. The summed E-state index contributed by atoms with van der Waals surface area (Å²) in [5.41, 5.74) is 0. The molecule has 2 atom stereocenters. The van der Waals surface area contributed by atoms with Crippen molar-refractivity contribution in [3.63, 3.8) is 0 Å². The second kappa shape index (κ2) is 12.3. The van der Waals surface area contributed by atoms with Gasteiger partial charge in [0.1, 0.15) is 12.1 Å². The minimum Gasteiger partial charge on any atom is -0.450 e. The summed E-state index contributed by atoms with van der Waals surface area (Å²) in [7, 11) is 0. The molecule has 0 rings (SSSR count). The highest BCUT2D eigenvalue weighted by Crippen LogP contribution is 2.01. The molecule has 0 aromatic rings. The maximum atomic E-state index is 11.9. The minimum atomic E-state index is -0.695. The van der Waals surface area contributed by atoms with Gasteiger partial charge in [0.2, 0.25) is 5.91 Å². The Balaban J connectivity index is 4.14. The van der Waals surface area contributed by atoms with E-state index in [9.17, 15) is 9.59 Å². The van der Waals surface area contributed by atoms with Gasteiger partial charge in [0.15, 0.2) is 0 Å². The number of unbranched alkanes of at least 4 members (excludes halogenated alkanes) is 3. The molecule has 0 aromatic carbocycles. The highest BCUT2D eigenvalue weighted by atomic mass is 32.2. The molecule has 2 N–H and O–H groups in total. The molecule has 0 aliphatic heterocycles. The van der Waals surface area contributed by atoms with Crippen molar-refractivity contribution in [2.45, 2.75) is 51.6 Å². The van der Waals surface area contributed by atoms with E-state index in [1.807, 2.05) is 12.3 Å². The van der Waals surface area contributed by atoms with Gasteiger partial charge in [-0.15, -0.1) is 0 Å². The zero-order valence-corrected chi connectivity index (χ0v) is 13.8. The fourth-order valence-electron chi connectivity index (χ4n) is 1.57. The number of thioether (sulfide) groups is 1. The summed E-state index contributed by atoms with van der Waals surface area (Å²) >= 11 is 1.44. The monoisotopic (exact) mass is 315 g/mol. The predicted octanol–water partition coefficient (Wildman–Crippen LogP) is 2.05.